The van der Waals surface area contributed by atoms with Gasteiger partial charge in [-0.3, -0.25) is 0 Å². The number of rotatable bonds is 6. The minimum atomic E-state index is 0.196. The van der Waals surface area contributed by atoms with Gasteiger partial charge in [0.05, 0.1) is 7.11 Å². The van der Waals surface area contributed by atoms with Crippen LogP contribution in [0, 0.1) is 6.92 Å². The van der Waals surface area contributed by atoms with Crippen molar-refractivity contribution in [2.45, 2.75) is 32.7 Å². The molecule has 0 saturated heterocycles. The van der Waals surface area contributed by atoms with Crippen LogP contribution in [0.4, 0.5) is 0 Å². The van der Waals surface area contributed by atoms with Gasteiger partial charge in [0, 0.05) is 6.04 Å². The maximum atomic E-state index is 6.02. The van der Waals surface area contributed by atoms with Gasteiger partial charge in [0.15, 0.2) is 0 Å². The Hall–Kier alpha value is -2.00. The fourth-order valence-electron chi connectivity index (χ4n) is 2.10. The summed E-state index contributed by atoms with van der Waals surface area (Å²) >= 11 is 0. The third kappa shape index (κ3) is 4.23. The van der Waals surface area contributed by atoms with Crippen LogP contribution < -0.4 is 15.2 Å². The van der Waals surface area contributed by atoms with E-state index in [1.807, 2.05) is 31.2 Å². The number of hydrogen-bond donors (Lipinski definition) is 1. The Morgan fingerprint density at radius 2 is 1.71 bits per heavy atom. The number of methoxy groups -OCH3 is 1. The third-order valence-corrected chi connectivity index (χ3v) is 3.56. The largest absolute Gasteiger partial charge is 0.497 e. The predicted octanol–water partition coefficient (Wildman–Crippen LogP) is 4.08. The Balaban J connectivity index is 2.15. The van der Waals surface area contributed by atoms with Crippen LogP contribution >= 0.6 is 0 Å². The summed E-state index contributed by atoms with van der Waals surface area (Å²) in [6.07, 6.45) is 1.85. The lowest BCUT2D eigenvalue weighted by Crippen LogP contribution is -2.21. The second-order valence-electron chi connectivity index (χ2n) is 5.25. The van der Waals surface area contributed by atoms with Crippen LogP contribution in [0.5, 0.6) is 17.2 Å². The van der Waals surface area contributed by atoms with E-state index in [1.165, 1.54) is 5.56 Å². The van der Waals surface area contributed by atoms with Crippen molar-refractivity contribution >= 4 is 0 Å². The fourth-order valence-corrected chi connectivity index (χ4v) is 2.10. The first-order chi connectivity index (χ1) is 10.1. The summed E-state index contributed by atoms with van der Waals surface area (Å²) in [5, 5.41) is 0. The zero-order valence-corrected chi connectivity index (χ0v) is 12.9. The van der Waals surface area contributed by atoms with Gasteiger partial charge in [-0.25, -0.2) is 0 Å². The first-order valence-electron chi connectivity index (χ1n) is 7.29. The normalized spacial score (nSPS) is 12.0. The van der Waals surface area contributed by atoms with Crippen molar-refractivity contribution in [1.82, 2.24) is 0 Å². The Morgan fingerprint density at radius 3 is 2.33 bits per heavy atom. The van der Waals surface area contributed by atoms with E-state index in [0.29, 0.717) is 0 Å². The van der Waals surface area contributed by atoms with Crippen LogP contribution in [0.25, 0.3) is 0 Å². The topological polar surface area (TPSA) is 44.5 Å². The maximum Gasteiger partial charge on any atom is 0.130 e. The molecule has 0 saturated carbocycles. The van der Waals surface area contributed by atoms with Crippen molar-refractivity contribution in [3.05, 3.63) is 53.6 Å². The van der Waals surface area contributed by atoms with Crippen LogP contribution in [0.2, 0.25) is 0 Å². The smallest absolute Gasteiger partial charge is 0.130 e. The fraction of sp³-hybridized carbons (Fsp3) is 0.333. The number of benzene rings is 2. The third-order valence-electron chi connectivity index (χ3n) is 3.56. The molecule has 0 radical (unpaired) electrons. The molecule has 112 valence electrons. The van der Waals surface area contributed by atoms with Crippen molar-refractivity contribution in [1.29, 1.82) is 0 Å². The van der Waals surface area contributed by atoms with Gasteiger partial charge in [0.25, 0.3) is 0 Å². The number of ether oxygens (including phenoxy) is 2. The van der Waals surface area contributed by atoms with Gasteiger partial charge >= 0.3 is 0 Å². The van der Waals surface area contributed by atoms with Crippen molar-refractivity contribution in [3.63, 3.8) is 0 Å². The summed E-state index contributed by atoms with van der Waals surface area (Å²) in [5.74, 6) is 2.50. The molecule has 0 heterocycles. The van der Waals surface area contributed by atoms with Crippen LogP contribution in [0.3, 0.4) is 0 Å². The Kier molecular flexibility index (Phi) is 5.23. The summed E-state index contributed by atoms with van der Waals surface area (Å²) < 4.78 is 11.1. The van der Waals surface area contributed by atoms with Gasteiger partial charge in [-0.15, -0.1) is 0 Å². The van der Waals surface area contributed by atoms with E-state index in [4.69, 9.17) is 15.2 Å². The number of aryl methyl sites for hydroxylation is 1. The molecule has 0 fully saturated rings. The van der Waals surface area contributed by atoms with E-state index in [9.17, 15) is 0 Å². The highest BCUT2D eigenvalue weighted by atomic mass is 16.5. The Labute approximate surface area is 126 Å². The molecule has 1 unspecified atom stereocenters. The highest BCUT2D eigenvalue weighted by Gasteiger charge is 2.06. The lowest BCUT2D eigenvalue weighted by molar-refractivity contribution is 0.412. The molecule has 0 spiro atoms. The summed E-state index contributed by atoms with van der Waals surface area (Å²) in [4.78, 5) is 0. The maximum absolute atomic E-state index is 6.02. The Bertz CT molecular complexity index is 578. The molecular formula is C18H23NO2. The van der Waals surface area contributed by atoms with Gasteiger partial charge in [0.2, 0.25) is 0 Å². The molecule has 0 aliphatic rings. The first-order valence-corrected chi connectivity index (χ1v) is 7.29. The van der Waals surface area contributed by atoms with E-state index in [-0.39, 0.29) is 6.04 Å². The SMILES string of the molecule is CCC(N)Cc1ccc(C)c(Oc2ccc(OC)cc2)c1. The van der Waals surface area contributed by atoms with Gasteiger partial charge in [-0.1, -0.05) is 19.1 Å². The predicted molar refractivity (Wildman–Crippen MR) is 86.2 cm³/mol. The molecule has 1 atom stereocenters. The molecule has 2 N–H and O–H groups in total. The van der Waals surface area contributed by atoms with E-state index >= 15 is 0 Å². The molecule has 2 aromatic rings. The van der Waals surface area contributed by atoms with Crippen LogP contribution in [0.15, 0.2) is 42.5 Å². The summed E-state index contributed by atoms with van der Waals surface area (Å²) in [5.41, 5.74) is 8.34. The van der Waals surface area contributed by atoms with Gasteiger partial charge in [-0.2, -0.15) is 0 Å². The van der Waals surface area contributed by atoms with Crippen LogP contribution in [-0.2, 0) is 6.42 Å². The summed E-state index contributed by atoms with van der Waals surface area (Å²) in [6.45, 7) is 4.15. The van der Waals surface area contributed by atoms with E-state index < -0.39 is 0 Å². The minimum Gasteiger partial charge on any atom is -0.497 e. The van der Waals surface area contributed by atoms with E-state index in [1.54, 1.807) is 7.11 Å². The van der Waals surface area contributed by atoms with Crippen molar-refractivity contribution in [2.24, 2.45) is 5.73 Å². The average Bonchev–Trinajstić information content (AvgIpc) is 2.51. The molecule has 3 heteroatoms. The zero-order chi connectivity index (χ0) is 15.2. The molecule has 0 amide bonds. The number of nitrogens with two attached hydrogens (primary N) is 1. The molecule has 0 aromatic heterocycles. The number of hydrogen-bond acceptors (Lipinski definition) is 3. The lowest BCUT2D eigenvalue weighted by Gasteiger charge is -2.13. The van der Waals surface area contributed by atoms with E-state index in [0.717, 1.165) is 35.7 Å². The monoisotopic (exact) mass is 285 g/mol. The standard InChI is InChI=1S/C18H23NO2/c1-4-15(19)11-14-6-5-13(2)18(12-14)21-17-9-7-16(20-3)8-10-17/h5-10,12,15H,4,11,19H2,1-3H3. The van der Waals surface area contributed by atoms with Gasteiger partial charge < -0.3 is 15.2 Å². The van der Waals surface area contributed by atoms with E-state index in [2.05, 4.69) is 25.1 Å². The van der Waals surface area contributed by atoms with Crippen LogP contribution in [0.1, 0.15) is 24.5 Å². The quantitative estimate of drug-likeness (QED) is 0.870. The summed E-state index contributed by atoms with van der Waals surface area (Å²) in [7, 11) is 1.65. The van der Waals surface area contributed by atoms with Crippen molar-refractivity contribution in [2.75, 3.05) is 7.11 Å². The molecule has 2 rings (SSSR count). The molecule has 0 aliphatic heterocycles. The highest BCUT2D eigenvalue weighted by Crippen LogP contribution is 2.27. The van der Waals surface area contributed by atoms with Crippen molar-refractivity contribution < 1.29 is 9.47 Å². The molecule has 0 bridgehead atoms. The second kappa shape index (κ2) is 7.14. The molecule has 0 aliphatic carbocycles. The van der Waals surface area contributed by atoms with Gasteiger partial charge in [-0.05, 0) is 61.2 Å². The average molecular weight is 285 g/mol. The van der Waals surface area contributed by atoms with Crippen molar-refractivity contribution in [3.8, 4) is 17.2 Å². The lowest BCUT2D eigenvalue weighted by atomic mass is 10.0. The second-order valence-corrected chi connectivity index (χ2v) is 5.25. The first kappa shape index (κ1) is 15.4. The summed E-state index contributed by atoms with van der Waals surface area (Å²) in [6, 6.07) is 14.1. The van der Waals surface area contributed by atoms with Gasteiger partial charge in [0.1, 0.15) is 17.2 Å². The molecule has 2 aromatic carbocycles. The Morgan fingerprint density at radius 1 is 1.05 bits per heavy atom. The molecule has 21 heavy (non-hydrogen) atoms. The van der Waals surface area contributed by atoms with Crippen LogP contribution in [-0.4, -0.2) is 13.2 Å². The highest BCUT2D eigenvalue weighted by molar-refractivity contribution is 5.41. The molecular weight excluding hydrogens is 262 g/mol. The minimum absolute atomic E-state index is 0.196. The zero-order valence-electron chi connectivity index (χ0n) is 12.9. The molecule has 3 nitrogen and oxygen atoms in total.